The van der Waals surface area contributed by atoms with Gasteiger partial charge in [0, 0.05) is 23.2 Å². The highest BCUT2D eigenvalue weighted by atomic mass is 32.2. The third-order valence-corrected chi connectivity index (χ3v) is 5.35. The fraction of sp³-hybridized carbons (Fsp3) is 0.533. The van der Waals surface area contributed by atoms with Gasteiger partial charge in [-0.25, -0.2) is 0 Å². The first-order chi connectivity index (χ1) is 9.25. The van der Waals surface area contributed by atoms with Crippen LogP contribution in [0.4, 0.5) is 0 Å². The number of thioether (sulfide) groups is 1. The van der Waals surface area contributed by atoms with Crippen LogP contribution in [-0.4, -0.2) is 30.8 Å². The molecule has 2 N–H and O–H groups in total. The van der Waals surface area contributed by atoms with E-state index in [0.717, 1.165) is 25.3 Å². The van der Waals surface area contributed by atoms with Crippen LogP contribution < -0.4 is 10.6 Å². The van der Waals surface area contributed by atoms with Crippen molar-refractivity contribution in [2.75, 3.05) is 18.8 Å². The predicted octanol–water partition coefficient (Wildman–Crippen LogP) is 1.99. The monoisotopic (exact) mass is 276 g/mol. The Balaban J connectivity index is 1.68. The topological polar surface area (TPSA) is 41.1 Å². The minimum absolute atomic E-state index is 0.0235. The van der Waals surface area contributed by atoms with Gasteiger partial charge in [0.15, 0.2) is 0 Å². The van der Waals surface area contributed by atoms with E-state index < -0.39 is 0 Å². The van der Waals surface area contributed by atoms with E-state index in [9.17, 15) is 4.79 Å². The average molecular weight is 276 g/mol. The van der Waals surface area contributed by atoms with Gasteiger partial charge in [-0.1, -0.05) is 25.1 Å². The molecule has 0 radical (unpaired) electrons. The van der Waals surface area contributed by atoms with Gasteiger partial charge in [0.05, 0.1) is 5.92 Å². The van der Waals surface area contributed by atoms with Crippen molar-refractivity contribution < 1.29 is 4.79 Å². The summed E-state index contributed by atoms with van der Waals surface area (Å²) in [4.78, 5) is 13.7. The van der Waals surface area contributed by atoms with Gasteiger partial charge in [0.25, 0.3) is 0 Å². The van der Waals surface area contributed by atoms with E-state index >= 15 is 0 Å². The summed E-state index contributed by atoms with van der Waals surface area (Å²) < 4.78 is 0. The molecule has 3 nitrogen and oxygen atoms in total. The Morgan fingerprint density at radius 2 is 2.26 bits per heavy atom. The molecule has 102 valence electrons. The fourth-order valence-electron chi connectivity index (χ4n) is 2.85. The first kappa shape index (κ1) is 13.0. The number of nitrogens with one attached hydrogen (secondary N) is 2. The fourth-order valence-corrected chi connectivity index (χ4v) is 4.07. The number of piperidine rings is 1. The van der Waals surface area contributed by atoms with Gasteiger partial charge >= 0.3 is 0 Å². The lowest BCUT2D eigenvalue weighted by Gasteiger charge is -2.31. The Morgan fingerprint density at radius 1 is 1.42 bits per heavy atom. The summed E-state index contributed by atoms with van der Waals surface area (Å²) in [5.41, 5.74) is 1.20. The lowest BCUT2D eigenvalue weighted by Crippen LogP contribution is -2.51. The van der Waals surface area contributed by atoms with Crippen molar-refractivity contribution in [3.05, 3.63) is 29.8 Å². The molecule has 0 bridgehead atoms. The summed E-state index contributed by atoms with van der Waals surface area (Å²) >= 11 is 1.79. The largest absolute Gasteiger partial charge is 0.351 e. The molecule has 1 fully saturated rings. The van der Waals surface area contributed by atoms with Gasteiger partial charge in [0.2, 0.25) is 5.91 Å². The molecule has 1 aromatic rings. The normalized spacial score (nSPS) is 29.8. The van der Waals surface area contributed by atoms with Gasteiger partial charge in [-0.15, -0.1) is 11.8 Å². The van der Waals surface area contributed by atoms with Crippen LogP contribution in [0.25, 0.3) is 0 Å². The van der Waals surface area contributed by atoms with E-state index in [0.29, 0.717) is 5.92 Å². The maximum Gasteiger partial charge on any atom is 0.228 e. The first-order valence-corrected chi connectivity index (χ1v) is 7.97. The molecule has 3 rings (SSSR count). The van der Waals surface area contributed by atoms with Crippen LogP contribution in [0.15, 0.2) is 29.2 Å². The number of fused-ring (bicyclic) bond motifs is 1. The average Bonchev–Trinajstić information content (AvgIpc) is 2.85. The highest BCUT2D eigenvalue weighted by Crippen LogP contribution is 2.39. The van der Waals surface area contributed by atoms with Crippen molar-refractivity contribution >= 4 is 17.7 Å². The van der Waals surface area contributed by atoms with Crippen molar-refractivity contribution in [1.29, 1.82) is 0 Å². The lowest BCUT2D eigenvalue weighted by atomic mass is 9.93. The Morgan fingerprint density at radius 3 is 3.11 bits per heavy atom. The summed E-state index contributed by atoms with van der Waals surface area (Å²) in [5.74, 6) is 1.66. The Hall–Kier alpha value is -1.00. The SMILES string of the molecule is CC1CCNCC1NC(=O)C1CSc2ccccc21. The van der Waals surface area contributed by atoms with Crippen LogP contribution in [0.3, 0.4) is 0 Å². The zero-order valence-corrected chi connectivity index (χ0v) is 12.0. The molecule has 19 heavy (non-hydrogen) atoms. The smallest absolute Gasteiger partial charge is 0.228 e. The number of carbonyl (C=O) groups is 1. The van der Waals surface area contributed by atoms with Gasteiger partial charge in [-0.05, 0) is 30.5 Å². The van der Waals surface area contributed by atoms with Crippen LogP contribution in [-0.2, 0) is 4.79 Å². The molecule has 4 heteroatoms. The van der Waals surface area contributed by atoms with Crippen molar-refractivity contribution in [2.24, 2.45) is 5.92 Å². The molecule has 0 aromatic heterocycles. The molecule has 0 aliphatic carbocycles. The number of amides is 1. The third-order valence-electron chi connectivity index (χ3n) is 4.17. The number of benzene rings is 1. The van der Waals surface area contributed by atoms with Gasteiger partial charge in [-0.3, -0.25) is 4.79 Å². The van der Waals surface area contributed by atoms with Crippen LogP contribution in [0.1, 0.15) is 24.8 Å². The molecule has 2 aliphatic heterocycles. The number of carbonyl (C=O) groups excluding carboxylic acids is 1. The van der Waals surface area contributed by atoms with Crippen LogP contribution >= 0.6 is 11.8 Å². The number of hydrogen-bond acceptors (Lipinski definition) is 3. The van der Waals surface area contributed by atoms with E-state index in [-0.39, 0.29) is 17.9 Å². The maximum absolute atomic E-state index is 12.5. The molecule has 2 aliphatic rings. The molecule has 3 atom stereocenters. The minimum atomic E-state index is 0.0235. The molecule has 0 spiro atoms. The predicted molar refractivity (Wildman–Crippen MR) is 78.5 cm³/mol. The summed E-state index contributed by atoms with van der Waals surface area (Å²) in [5, 5.41) is 6.60. The second-order valence-corrected chi connectivity index (χ2v) is 6.55. The molecular weight excluding hydrogens is 256 g/mol. The maximum atomic E-state index is 12.5. The van der Waals surface area contributed by atoms with Gasteiger partial charge in [0.1, 0.15) is 0 Å². The summed E-state index contributed by atoms with van der Waals surface area (Å²) in [6, 6.07) is 8.54. The van der Waals surface area contributed by atoms with Crippen molar-refractivity contribution in [2.45, 2.75) is 30.2 Å². The van der Waals surface area contributed by atoms with Crippen molar-refractivity contribution in [3.63, 3.8) is 0 Å². The molecule has 2 heterocycles. The summed E-state index contributed by atoms with van der Waals surface area (Å²) in [6.45, 7) is 4.19. The van der Waals surface area contributed by atoms with E-state index in [1.165, 1.54) is 10.5 Å². The molecule has 1 amide bonds. The highest BCUT2D eigenvalue weighted by Gasteiger charge is 2.31. The molecule has 0 saturated carbocycles. The summed E-state index contributed by atoms with van der Waals surface area (Å²) in [6.07, 6.45) is 1.14. The number of hydrogen-bond donors (Lipinski definition) is 2. The summed E-state index contributed by atoms with van der Waals surface area (Å²) in [7, 11) is 0. The molecule has 1 aromatic carbocycles. The van der Waals surface area contributed by atoms with Crippen LogP contribution in [0.5, 0.6) is 0 Å². The van der Waals surface area contributed by atoms with Crippen molar-refractivity contribution in [3.8, 4) is 0 Å². The van der Waals surface area contributed by atoms with Gasteiger partial charge < -0.3 is 10.6 Å². The Bertz CT molecular complexity index is 477. The molecular formula is C15H20N2OS. The highest BCUT2D eigenvalue weighted by molar-refractivity contribution is 7.99. The standard InChI is InChI=1S/C15H20N2OS/c1-10-6-7-16-8-13(10)17-15(18)12-9-19-14-5-3-2-4-11(12)14/h2-5,10,12-13,16H,6-9H2,1H3,(H,17,18). The lowest BCUT2D eigenvalue weighted by molar-refractivity contribution is -0.123. The zero-order chi connectivity index (χ0) is 13.2. The van der Waals surface area contributed by atoms with Crippen LogP contribution in [0.2, 0.25) is 0 Å². The van der Waals surface area contributed by atoms with E-state index in [1.807, 2.05) is 12.1 Å². The molecule has 3 unspecified atom stereocenters. The Kier molecular flexibility index (Phi) is 3.80. The third kappa shape index (κ3) is 2.65. The quantitative estimate of drug-likeness (QED) is 0.868. The van der Waals surface area contributed by atoms with Crippen molar-refractivity contribution in [1.82, 2.24) is 10.6 Å². The second kappa shape index (κ2) is 5.55. The van der Waals surface area contributed by atoms with Gasteiger partial charge in [-0.2, -0.15) is 0 Å². The second-order valence-electron chi connectivity index (χ2n) is 5.49. The Labute approximate surface area is 118 Å². The zero-order valence-electron chi connectivity index (χ0n) is 11.2. The minimum Gasteiger partial charge on any atom is -0.351 e. The first-order valence-electron chi connectivity index (χ1n) is 6.98. The van der Waals surface area contributed by atoms with E-state index in [2.05, 4.69) is 29.7 Å². The van der Waals surface area contributed by atoms with E-state index in [1.54, 1.807) is 11.8 Å². The molecule has 1 saturated heterocycles. The number of rotatable bonds is 2. The van der Waals surface area contributed by atoms with Crippen LogP contribution in [0, 0.1) is 5.92 Å². The van der Waals surface area contributed by atoms with E-state index in [4.69, 9.17) is 0 Å².